The number of carbonyl (C=O) groups is 2. The van der Waals surface area contributed by atoms with E-state index in [9.17, 15) is 14.0 Å². The molecular formula is C9H6BrFO2. The Morgan fingerprint density at radius 1 is 1.54 bits per heavy atom. The van der Waals surface area contributed by atoms with Gasteiger partial charge >= 0.3 is 0 Å². The molecule has 4 heteroatoms. The van der Waals surface area contributed by atoms with E-state index in [4.69, 9.17) is 0 Å². The quantitative estimate of drug-likeness (QED) is 0.592. The van der Waals surface area contributed by atoms with Gasteiger partial charge in [0, 0.05) is 11.1 Å². The van der Waals surface area contributed by atoms with Gasteiger partial charge in [-0.15, -0.1) is 0 Å². The smallest absolute Gasteiger partial charge is 0.160 e. The fourth-order valence-corrected chi connectivity index (χ4v) is 1.31. The van der Waals surface area contributed by atoms with Gasteiger partial charge in [0.15, 0.2) is 12.1 Å². The van der Waals surface area contributed by atoms with E-state index in [2.05, 4.69) is 15.9 Å². The SMILES string of the molecule is CC(=O)c1cc(Br)c(F)cc1C=O. The Labute approximate surface area is 82.9 Å². The third kappa shape index (κ3) is 2.01. The van der Waals surface area contributed by atoms with Gasteiger partial charge < -0.3 is 0 Å². The summed E-state index contributed by atoms with van der Waals surface area (Å²) in [6, 6.07) is 2.34. The zero-order chi connectivity index (χ0) is 10.0. The zero-order valence-corrected chi connectivity index (χ0v) is 8.39. The highest BCUT2D eigenvalue weighted by molar-refractivity contribution is 9.10. The van der Waals surface area contributed by atoms with Crippen LogP contribution >= 0.6 is 15.9 Å². The number of ketones is 1. The van der Waals surface area contributed by atoms with Gasteiger partial charge in [0.05, 0.1) is 4.47 Å². The van der Waals surface area contributed by atoms with Crippen molar-refractivity contribution >= 4 is 28.0 Å². The van der Waals surface area contributed by atoms with Gasteiger partial charge in [-0.3, -0.25) is 9.59 Å². The fraction of sp³-hybridized carbons (Fsp3) is 0.111. The molecule has 0 aliphatic heterocycles. The van der Waals surface area contributed by atoms with Crippen molar-refractivity contribution < 1.29 is 14.0 Å². The molecule has 68 valence electrons. The average Bonchev–Trinajstić information content (AvgIpc) is 2.08. The predicted octanol–water partition coefficient (Wildman–Crippen LogP) is 2.60. The Morgan fingerprint density at radius 2 is 2.15 bits per heavy atom. The number of rotatable bonds is 2. The predicted molar refractivity (Wildman–Crippen MR) is 49.5 cm³/mol. The van der Waals surface area contributed by atoms with Crippen LogP contribution in [0.25, 0.3) is 0 Å². The topological polar surface area (TPSA) is 34.1 Å². The first-order valence-corrected chi connectivity index (χ1v) is 4.30. The lowest BCUT2D eigenvalue weighted by Gasteiger charge is -2.01. The molecule has 0 atom stereocenters. The molecule has 2 nitrogen and oxygen atoms in total. The average molecular weight is 245 g/mol. The van der Waals surface area contributed by atoms with Crippen LogP contribution in [0.1, 0.15) is 27.6 Å². The summed E-state index contributed by atoms with van der Waals surface area (Å²) in [7, 11) is 0. The van der Waals surface area contributed by atoms with Crippen LogP contribution in [0.3, 0.4) is 0 Å². The summed E-state index contributed by atoms with van der Waals surface area (Å²) < 4.78 is 13.1. The molecule has 0 bridgehead atoms. The molecule has 0 unspecified atom stereocenters. The van der Waals surface area contributed by atoms with Crippen LogP contribution in [0.4, 0.5) is 4.39 Å². The molecular weight excluding hydrogens is 239 g/mol. The molecule has 0 heterocycles. The van der Waals surface area contributed by atoms with Crippen LogP contribution in [0.15, 0.2) is 16.6 Å². The van der Waals surface area contributed by atoms with Gasteiger partial charge in [-0.05, 0) is 35.0 Å². The van der Waals surface area contributed by atoms with Gasteiger partial charge in [0.25, 0.3) is 0 Å². The molecule has 1 aromatic carbocycles. The Kier molecular flexibility index (Phi) is 2.93. The molecule has 0 radical (unpaired) electrons. The van der Waals surface area contributed by atoms with Crippen molar-refractivity contribution in [3.63, 3.8) is 0 Å². The summed E-state index contributed by atoms with van der Waals surface area (Å²) in [5.41, 5.74) is 0.302. The lowest BCUT2D eigenvalue weighted by molar-refractivity contribution is 0.100. The van der Waals surface area contributed by atoms with Crippen molar-refractivity contribution in [2.75, 3.05) is 0 Å². The first kappa shape index (κ1) is 10.1. The zero-order valence-electron chi connectivity index (χ0n) is 6.80. The second-order valence-corrected chi connectivity index (χ2v) is 3.38. The van der Waals surface area contributed by atoms with E-state index in [1.165, 1.54) is 13.0 Å². The van der Waals surface area contributed by atoms with Crippen molar-refractivity contribution in [2.45, 2.75) is 6.92 Å². The maximum atomic E-state index is 12.9. The lowest BCUT2D eigenvalue weighted by atomic mass is 10.1. The lowest BCUT2D eigenvalue weighted by Crippen LogP contribution is -2.00. The largest absolute Gasteiger partial charge is 0.298 e. The molecule has 0 aliphatic rings. The highest BCUT2D eigenvalue weighted by atomic mass is 79.9. The van der Waals surface area contributed by atoms with Crippen LogP contribution in [0.2, 0.25) is 0 Å². The number of carbonyl (C=O) groups excluding carboxylic acids is 2. The Balaban J connectivity index is 3.41. The molecule has 0 aromatic heterocycles. The summed E-state index contributed by atoms with van der Waals surface area (Å²) in [6.07, 6.45) is 0.465. The minimum absolute atomic E-state index is 0.0770. The summed E-state index contributed by atoms with van der Waals surface area (Å²) in [4.78, 5) is 21.4. The van der Waals surface area contributed by atoms with Gasteiger partial charge in [0.1, 0.15) is 5.82 Å². The Hall–Kier alpha value is -1.03. The molecule has 1 rings (SSSR count). The normalized spacial score (nSPS) is 9.77. The Morgan fingerprint density at radius 3 is 2.62 bits per heavy atom. The summed E-state index contributed by atoms with van der Waals surface area (Å²) in [5.74, 6) is -0.810. The van der Waals surface area contributed by atoms with Crippen LogP contribution in [0, 0.1) is 5.82 Å². The number of hydrogen-bond donors (Lipinski definition) is 0. The van der Waals surface area contributed by atoms with E-state index >= 15 is 0 Å². The first-order valence-electron chi connectivity index (χ1n) is 3.51. The monoisotopic (exact) mass is 244 g/mol. The third-order valence-corrected chi connectivity index (χ3v) is 2.21. The third-order valence-electron chi connectivity index (χ3n) is 1.60. The molecule has 0 fully saturated rings. The molecule has 0 amide bonds. The van der Waals surface area contributed by atoms with E-state index in [1.54, 1.807) is 0 Å². The molecule has 0 aliphatic carbocycles. The minimum Gasteiger partial charge on any atom is -0.298 e. The summed E-state index contributed by atoms with van der Waals surface area (Å²) in [6.45, 7) is 1.33. The van der Waals surface area contributed by atoms with Crippen molar-refractivity contribution in [1.82, 2.24) is 0 Å². The van der Waals surface area contributed by atoms with Gasteiger partial charge in [-0.2, -0.15) is 0 Å². The minimum atomic E-state index is -0.549. The van der Waals surface area contributed by atoms with Gasteiger partial charge in [-0.1, -0.05) is 0 Å². The van der Waals surface area contributed by atoms with Gasteiger partial charge in [-0.25, -0.2) is 4.39 Å². The van der Waals surface area contributed by atoms with Crippen LogP contribution in [0.5, 0.6) is 0 Å². The van der Waals surface area contributed by atoms with E-state index in [0.717, 1.165) is 6.07 Å². The van der Waals surface area contributed by atoms with E-state index in [-0.39, 0.29) is 21.4 Å². The highest BCUT2D eigenvalue weighted by Gasteiger charge is 2.10. The number of halogens is 2. The molecule has 0 saturated carbocycles. The number of benzene rings is 1. The highest BCUT2D eigenvalue weighted by Crippen LogP contribution is 2.20. The van der Waals surface area contributed by atoms with E-state index in [0.29, 0.717) is 6.29 Å². The molecule has 0 N–H and O–H groups in total. The second kappa shape index (κ2) is 3.79. The fourth-order valence-electron chi connectivity index (χ4n) is 0.965. The van der Waals surface area contributed by atoms with Crippen molar-refractivity contribution in [3.8, 4) is 0 Å². The standard InChI is InChI=1S/C9H6BrFO2/c1-5(13)7-3-8(10)9(11)2-6(7)4-12/h2-4H,1H3. The van der Waals surface area contributed by atoms with Crippen LogP contribution < -0.4 is 0 Å². The van der Waals surface area contributed by atoms with Crippen LogP contribution in [-0.2, 0) is 0 Å². The molecule has 1 aromatic rings. The van der Waals surface area contributed by atoms with Crippen molar-refractivity contribution in [2.24, 2.45) is 0 Å². The second-order valence-electron chi connectivity index (χ2n) is 2.53. The maximum Gasteiger partial charge on any atom is 0.160 e. The Bertz CT molecular complexity index is 374. The van der Waals surface area contributed by atoms with E-state index in [1.807, 2.05) is 0 Å². The van der Waals surface area contributed by atoms with Gasteiger partial charge in [0.2, 0.25) is 0 Å². The van der Waals surface area contributed by atoms with Crippen molar-refractivity contribution in [1.29, 1.82) is 0 Å². The van der Waals surface area contributed by atoms with Crippen molar-refractivity contribution in [3.05, 3.63) is 33.5 Å². The van der Waals surface area contributed by atoms with Crippen LogP contribution in [-0.4, -0.2) is 12.1 Å². The molecule has 13 heavy (non-hydrogen) atoms. The maximum absolute atomic E-state index is 12.9. The summed E-state index contributed by atoms with van der Waals surface area (Å²) in [5, 5.41) is 0. The first-order chi connectivity index (χ1) is 6.06. The molecule has 0 saturated heterocycles. The summed E-state index contributed by atoms with van der Waals surface area (Å²) >= 11 is 2.93. The number of aldehydes is 1. The number of Topliss-reactive ketones (excluding diaryl/α,β-unsaturated/α-hetero) is 1. The number of hydrogen-bond acceptors (Lipinski definition) is 2. The molecule has 0 spiro atoms. The van der Waals surface area contributed by atoms with E-state index < -0.39 is 5.82 Å².